The summed E-state index contributed by atoms with van der Waals surface area (Å²) < 4.78 is 13.0. The monoisotopic (exact) mass is 488 g/mol. The number of rotatable bonds is 2. The van der Waals surface area contributed by atoms with Crippen molar-refractivity contribution in [3.05, 3.63) is 0 Å². The Labute approximate surface area is 124 Å². The fourth-order valence-corrected chi connectivity index (χ4v) is 11.3. The number of fused-ring (bicyclic) bond motifs is 1. The zero-order valence-corrected chi connectivity index (χ0v) is 14.6. The van der Waals surface area contributed by atoms with Gasteiger partial charge in [-0.05, 0) is 0 Å². The van der Waals surface area contributed by atoms with Gasteiger partial charge < -0.3 is 0 Å². The molecule has 4 rings (SSSR count). The maximum absolute atomic E-state index is 11.9. The molecule has 1 unspecified atom stereocenters. The molecule has 100 valence electrons. The molecule has 6 nitrogen and oxygen atoms in total. The van der Waals surface area contributed by atoms with Gasteiger partial charge in [-0.25, -0.2) is 0 Å². The van der Waals surface area contributed by atoms with E-state index in [0.717, 1.165) is 6.42 Å². The number of ether oxygens (including phenoxy) is 2. The predicted octanol–water partition coefficient (Wildman–Crippen LogP) is -0.708. The summed E-state index contributed by atoms with van der Waals surface area (Å²) in [5.41, 5.74) is 0. The molecule has 0 bridgehead atoms. The molecule has 4 aliphatic rings. The average molecular weight is 488 g/mol. The maximum atomic E-state index is 11.9. The van der Waals surface area contributed by atoms with E-state index in [9.17, 15) is 9.59 Å². The molecule has 2 atom stereocenters. The summed E-state index contributed by atoms with van der Waals surface area (Å²) in [4.78, 5) is 27.4. The van der Waals surface area contributed by atoms with Gasteiger partial charge in [-0.15, -0.1) is 0 Å². The first-order valence-corrected chi connectivity index (χ1v) is 10.7. The second-order valence-electron chi connectivity index (χ2n) is 5.21. The predicted molar refractivity (Wildman–Crippen MR) is 62.2 cm³/mol. The van der Waals surface area contributed by atoms with Gasteiger partial charge in [-0.1, -0.05) is 0 Å². The fraction of sp³-hybridized carbons (Fsp3) is 0.667. The van der Waals surface area contributed by atoms with Crippen LogP contribution in [-0.4, -0.2) is 60.0 Å². The number of nitrogens with zero attached hydrogens (tertiary/aromatic N) is 2. The van der Waals surface area contributed by atoms with Crippen LogP contribution in [0.25, 0.3) is 0 Å². The molecule has 7 heteroatoms. The van der Waals surface area contributed by atoms with Crippen LogP contribution in [0.15, 0.2) is 0 Å². The molecule has 2 saturated heterocycles. The van der Waals surface area contributed by atoms with Crippen LogP contribution in [-0.2, 0) is 14.3 Å². The van der Waals surface area contributed by atoms with Crippen molar-refractivity contribution >= 4 is 17.3 Å². The van der Waals surface area contributed by atoms with Crippen molar-refractivity contribution in [2.75, 3.05) is 32.9 Å². The third-order valence-electron chi connectivity index (χ3n) is 4.08. The summed E-state index contributed by atoms with van der Waals surface area (Å²) >= 11 is -1.37. The minimum absolute atomic E-state index is 0.105. The molecule has 0 aromatic carbocycles. The number of hydrogen-bond donors (Lipinski definition) is 0. The van der Waals surface area contributed by atoms with Crippen molar-refractivity contribution in [3.63, 3.8) is 0 Å². The van der Waals surface area contributed by atoms with Crippen LogP contribution in [0.2, 0.25) is 0 Å². The quantitative estimate of drug-likeness (QED) is 0.516. The second-order valence-corrected chi connectivity index (χ2v) is 10.5. The topological polar surface area (TPSA) is 59.1 Å². The van der Waals surface area contributed by atoms with E-state index in [2.05, 4.69) is 0 Å². The Morgan fingerprint density at radius 1 is 1.05 bits per heavy atom. The van der Waals surface area contributed by atoms with Crippen LogP contribution in [0.5, 0.6) is 0 Å². The van der Waals surface area contributed by atoms with Gasteiger partial charge in [-0.3, -0.25) is 0 Å². The Balaban J connectivity index is 1.66. The van der Waals surface area contributed by atoms with Crippen LogP contribution in [0.4, 0.5) is 4.79 Å². The van der Waals surface area contributed by atoms with Crippen molar-refractivity contribution < 1.29 is 45.8 Å². The van der Waals surface area contributed by atoms with Crippen molar-refractivity contribution in [1.29, 1.82) is 0 Å². The standard InChI is InChI=1S/C12H14N2O4.U/c15-11-8-17-3-1-13(11)6-9-5-10(9)7-14-2-4-18-12(14)16;/h9-10H,1-5,8H2;/t9?,10-;/m1./s1. The number of carbonyl (C=O) groups excluding carboxylic acids is 2. The summed E-state index contributed by atoms with van der Waals surface area (Å²) in [5, 5.41) is 0. The third-order valence-corrected chi connectivity index (χ3v) is 11.5. The fourth-order valence-electron chi connectivity index (χ4n) is 3.04. The molecule has 0 aromatic heterocycles. The van der Waals surface area contributed by atoms with E-state index in [1.165, 1.54) is 5.30 Å². The average Bonchev–Trinajstić information content (AvgIpc) is 2.94. The first-order valence-electron chi connectivity index (χ1n) is 6.59. The molecule has 0 radical (unpaired) electrons. The van der Waals surface area contributed by atoms with Gasteiger partial charge in [0.2, 0.25) is 0 Å². The van der Waals surface area contributed by atoms with Crippen LogP contribution >= 0.6 is 0 Å². The van der Waals surface area contributed by atoms with E-state index in [0.29, 0.717) is 38.1 Å². The summed E-state index contributed by atoms with van der Waals surface area (Å²) in [5.74, 6) is 1.21. The van der Waals surface area contributed by atoms with Crippen LogP contribution in [0.1, 0.15) is 6.42 Å². The summed E-state index contributed by atoms with van der Waals surface area (Å²) in [6, 6.07) is 0. The normalized spacial score (nSPS) is 33.1. The third kappa shape index (κ3) is 1.94. The van der Waals surface area contributed by atoms with Crippen LogP contribution in [0.3, 0.4) is 0 Å². The number of carbonyl (C=O) groups is 2. The molecule has 1 aliphatic carbocycles. The molecular weight excluding hydrogens is 474 g/mol. The van der Waals surface area contributed by atoms with Crippen LogP contribution < -0.4 is 0 Å². The molecule has 0 aromatic rings. The summed E-state index contributed by atoms with van der Waals surface area (Å²) in [6.07, 6.45) is 0.946. The van der Waals surface area contributed by atoms with Gasteiger partial charge in [0.25, 0.3) is 0 Å². The molecule has 0 spiro atoms. The minimum atomic E-state index is -1.37. The van der Waals surface area contributed by atoms with E-state index in [4.69, 9.17) is 9.47 Å². The first kappa shape index (κ1) is 12.2. The molecule has 19 heavy (non-hydrogen) atoms. The Bertz CT molecular complexity index is 540. The SMILES string of the molecule is O=C1COCCN1[C]1=[U]=[C](N2CCOC2=O)[C@H]2CC12. The van der Waals surface area contributed by atoms with Crippen LogP contribution in [0, 0.1) is 38.6 Å². The van der Waals surface area contributed by atoms with Gasteiger partial charge in [0, 0.05) is 0 Å². The molecule has 3 fully saturated rings. The Kier molecular flexibility index (Phi) is 2.91. The number of hydrogen-bond acceptors (Lipinski definition) is 4. The van der Waals surface area contributed by atoms with E-state index >= 15 is 0 Å². The number of cyclic esters (lactones) is 1. The van der Waals surface area contributed by atoms with Gasteiger partial charge in [0.1, 0.15) is 0 Å². The molecule has 0 N–H and O–H groups in total. The zero-order valence-electron chi connectivity index (χ0n) is 10.4. The number of morpholine rings is 1. The van der Waals surface area contributed by atoms with Gasteiger partial charge in [0.05, 0.1) is 0 Å². The van der Waals surface area contributed by atoms with E-state index in [1.807, 2.05) is 9.80 Å². The van der Waals surface area contributed by atoms with E-state index in [1.54, 1.807) is 0 Å². The van der Waals surface area contributed by atoms with Gasteiger partial charge >= 0.3 is 124 Å². The first-order chi connectivity index (χ1) is 9.25. The van der Waals surface area contributed by atoms with Gasteiger partial charge in [0.15, 0.2) is 0 Å². The molecule has 3 heterocycles. The summed E-state index contributed by atoms with van der Waals surface area (Å²) in [6.45, 7) is 2.77. The Hall–Kier alpha value is -0.508. The zero-order chi connectivity index (χ0) is 13.0. The second kappa shape index (κ2) is 4.51. The van der Waals surface area contributed by atoms with Crippen molar-refractivity contribution in [1.82, 2.24) is 9.80 Å². The van der Waals surface area contributed by atoms with E-state index in [-0.39, 0.29) is 18.6 Å². The summed E-state index contributed by atoms with van der Waals surface area (Å²) in [7, 11) is 0. The molecule has 2 amide bonds. The molecular formula is C12H14N2O4U. The van der Waals surface area contributed by atoms with Crippen molar-refractivity contribution in [2.45, 2.75) is 6.42 Å². The van der Waals surface area contributed by atoms with Crippen molar-refractivity contribution in [2.24, 2.45) is 11.8 Å². The van der Waals surface area contributed by atoms with Gasteiger partial charge in [-0.2, -0.15) is 0 Å². The molecule has 3 aliphatic heterocycles. The Morgan fingerprint density at radius 2 is 1.79 bits per heavy atom. The molecule has 1 saturated carbocycles. The Morgan fingerprint density at radius 3 is 2.47 bits per heavy atom. The van der Waals surface area contributed by atoms with E-state index < -0.39 is 26.7 Å². The van der Waals surface area contributed by atoms with Crippen molar-refractivity contribution in [3.8, 4) is 0 Å². The number of amides is 2.